The molecule has 1 saturated heterocycles. The maximum atomic E-state index is 10.6. The molecule has 144 valence electrons. The lowest BCUT2D eigenvalue weighted by atomic mass is 10.0. The Morgan fingerprint density at radius 1 is 1.33 bits per heavy atom. The highest BCUT2D eigenvalue weighted by molar-refractivity contribution is 6.30. The van der Waals surface area contributed by atoms with Crippen molar-refractivity contribution in [1.82, 2.24) is 4.90 Å². The Morgan fingerprint density at radius 2 is 2.11 bits per heavy atom. The second kappa shape index (κ2) is 9.22. The van der Waals surface area contributed by atoms with E-state index >= 15 is 0 Å². The summed E-state index contributed by atoms with van der Waals surface area (Å²) in [6.45, 7) is 4.33. The second-order valence-electron chi connectivity index (χ2n) is 6.79. The fourth-order valence-electron chi connectivity index (χ4n) is 3.32. The predicted molar refractivity (Wildman–Crippen MR) is 104 cm³/mol. The van der Waals surface area contributed by atoms with Gasteiger partial charge in [0.05, 0.1) is 12.7 Å². The molecule has 1 aliphatic rings. The van der Waals surface area contributed by atoms with Gasteiger partial charge in [-0.3, -0.25) is 4.90 Å². The SMILES string of the molecule is CC(Cc1ccc(OCC(=O)O)cc1)N1CCOC(c2cccc(Cl)c2)C1. The summed E-state index contributed by atoms with van der Waals surface area (Å²) in [5, 5.41) is 9.39. The van der Waals surface area contributed by atoms with Gasteiger partial charge in [0.25, 0.3) is 0 Å². The first-order chi connectivity index (χ1) is 13.0. The molecule has 0 radical (unpaired) electrons. The summed E-state index contributed by atoms with van der Waals surface area (Å²) in [6.07, 6.45) is 0.938. The number of morpholine rings is 1. The summed E-state index contributed by atoms with van der Waals surface area (Å²) in [5.74, 6) is -0.407. The Bertz CT molecular complexity index is 765. The molecular weight excluding hydrogens is 366 g/mol. The molecule has 0 bridgehead atoms. The van der Waals surface area contributed by atoms with Crippen molar-refractivity contribution < 1.29 is 19.4 Å². The summed E-state index contributed by atoms with van der Waals surface area (Å²) in [5.41, 5.74) is 2.30. The first-order valence-electron chi connectivity index (χ1n) is 9.06. The van der Waals surface area contributed by atoms with Gasteiger partial charge in [-0.2, -0.15) is 0 Å². The summed E-state index contributed by atoms with van der Waals surface area (Å²) >= 11 is 6.11. The van der Waals surface area contributed by atoms with Crippen molar-refractivity contribution in [1.29, 1.82) is 0 Å². The summed E-state index contributed by atoms with van der Waals surface area (Å²) < 4.78 is 11.1. The van der Waals surface area contributed by atoms with Crippen molar-refractivity contribution in [2.45, 2.75) is 25.5 Å². The number of ether oxygens (including phenoxy) is 2. The third-order valence-corrected chi connectivity index (χ3v) is 4.99. The summed E-state index contributed by atoms with van der Waals surface area (Å²) in [6, 6.07) is 15.8. The van der Waals surface area contributed by atoms with Crippen LogP contribution >= 0.6 is 11.6 Å². The fourth-order valence-corrected chi connectivity index (χ4v) is 3.51. The molecule has 1 heterocycles. The van der Waals surface area contributed by atoms with E-state index in [1.165, 1.54) is 5.56 Å². The van der Waals surface area contributed by atoms with Crippen LogP contribution in [-0.2, 0) is 16.0 Å². The molecule has 2 unspecified atom stereocenters. The minimum Gasteiger partial charge on any atom is -0.482 e. The number of hydrogen-bond donors (Lipinski definition) is 1. The van der Waals surface area contributed by atoms with Gasteiger partial charge in [0.1, 0.15) is 5.75 Å². The van der Waals surface area contributed by atoms with Crippen LogP contribution in [0.1, 0.15) is 24.2 Å². The van der Waals surface area contributed by atoms with Gasteiger partial charge in [-0.1, -0.05) is 35.9 Å². The molecule has 0 spiro atoms. The topological polar surface area (TPSA) is 59.0 Å². The van der Waals surface area contributed by atoms with Crippen molar-refractivity contribution in [3.8, 4) is 5.75 Å². The van der Waals surface area contributed by atoms with Crippen LogP contribution in [0.4, 0.5) is 0 Å². The maximum absolute atomic E-state index is 10.6. The highest BCUT2D eigenvalue weighted by Crippen LogP contribution is 2.26. The van der Waals surface area contributed by atoms with Crippen molar-refractivity contribution in [3.05, 3.63) is 64.7 Å². The molecule has 27 heavy (non-hydrogen) atoms. The molecule has 3 rings (SSSR count). The molecule has 6 heteroatoms. The normalized spacial score (nSPS) is 18.8. The van der Waals surface area contributed by atoms with E-state index in [1.807, 2.05) is 42.5 Å². The number of hydrogen-bond acceptors (Lipinski definition) is 4. The van der Waals surface area contributed by atoms with Gasteiger partial charge in [-0.25, -0.2) is 4.79 Å². The second-order valence-corrected chi connectivity index (χ2v) is 7.23. The highest BCUT2D eigenvalue weighted by Gasteiger charge is 2.25. The number of benzene rings is 2. The van der Waals surface area contributed by atoms with Gasteiger partial charge in [0, 0.05) is 24.2 Å². The summed E-state index contributed by atoms with van der Waals surface area (Å²) in [4.78, 5) is 13.0. The lowest BCUT2D eigenvalue weighted by molar-refractivity contribution is -0.139. The largest absolute Gasteiger partial charge is 0.482 e. The van der Waals surface area contributed by atoms with Gasteiger partial charge in [0.15, 0.2) is 6.61 Å². The average molecular weight is 390 g/mol. The molecule has 0 amide bonds. The van der Waals surface area contributed by atoms with Crippen LogP contribution < -0.4 is 4.74 Å². The third-order valence-electron chi connectivity index (χ3n) is 4.76. The van der Waals surface area contributed by atoms with E-state index in [2.05, 4.69) is 17.9 Å². The highest BCUT2D eigenvalue weighted by atomic mass is 35.5. The van der Waals surface area contributed by atoms with E-state index in [0.29, 0.717) is 18.4 Å². The zero-order valence-electron chi connectivity index (χ0n) is 15.3. The quantitative estimate of drug-likeness (QED) is 0.780. The van der Waals surface area contributed by atoms with Crippen LogP contribution in [0.25, 0.3) is 0 Å². The minimum atomic E-state index is -0.978. The lowest BCUT2D eigenvalue weighted by Gasteiger charge is -2.37. The van der Waals surface area contributed by atoms with E-state index < -0.39 is 5.97 Å². The molecule has 2 atom stereocenters. The molecule has 0 aromatic heterocycles. The zero-order valence-corrected chi connectivity index (χ0v) is 16.1. The molecule has 1 N–H and O–H groups in total. The molecular formula is C21H24ClNO4. The fraction of sp³-hybridized carbons (Fsp3) is 0.381. The standard InChI is InChI=1S/C21H24ClNO4/c1-15(11-16-5-7-19(8-6-16)27-14-21(24)25)23-9-10-26-20(13-23)17-3-2-4-18(22)12-17/h2-8,12,15,20H,9-11,13-14H2,1H3,(H,24,25). The lowest BCUT2D eigenvalue weighted by Crippen LogP contribution is -2.44. The molecule has 5 nitrogen and oxygen atoms in total. The van der Waals surface area contributed by atoms with Crippen molar-refractivity contribution in [2.24, 2.45) is 0 Å². The number of aliphatic carboxylic acids is 1. The molecule has 0 aliphatic carbocycles. The van der Waals surface area contributed by atoms with Crippen LogP contribution in [0.15, 0.2) is 48.5 Å². The number of carboxylic acid groups (broad SMARTS) is 1. The van der Waals surface area contributed by atoms with Gasteiger partial charge < -0.3 is 14.6 Å². The predicted octanol–water partition coefficient (Wildman–Crippen LogP) is 3.81. The molecule has 1 fully saturated rings. The Kier molecular flexibility index (Phi) is 6.72. The van der Waals surface area contributed by atoms with Crippen LogP contribution in [0.3, 0.4) is 0 Å². The van der Waals surface area contributed by atoms with Gasteiger partial charge in [-0.15, -0.1) is 0 Å². The van der Waals surface area contributed by atoms with Gasteiger partial charge >= 0.3 is 5.97 Å². The van der Waals surface area contributed by atoms with E-state index in [9.17, 15) is 4.79 Å². The number of halogens is 1. The van der Waals surface area contributed by atoms with Gasteiger partial charge in [0.2, 0.25) is 0 Å². The molecule has 2 aromatic rings. The monoisotopic (exact) mass is 389 g/mol. The third kappa shape index (κ3) is 5.70. The van der Waals surface area contributed by atoms with Crippen LogP contribution in [-0.4, -0.2) is 48.3 Å². The number of carboxylic acids is 1. The molecule has 2 aromatic carbocycles. The van der Waals surface area contributed by atoms with Crippen LogP contribution in [0, 0.1) is 0 Å². The van der Waals surface area contributed by atoms with Gasteiger partial charge in [-0.05, 0) is 48.7 Å². The number of carbonyl (C=O) groups is 1. The average Bonchev–Trinajstić information content (AvgIpc) is 2.67. The van der Waals surface area contributed by atoms with E-state index in [0.717, 1.165) is 30.1 Å². The first-order valence-corrected chi connectivity index (χ1v) is 9.43. The number of rotatable bonds is 7. The Balaban J connectivity index is 1.57. The van der Waals surface area contributed by atoms with E-state index in [4.69, 9.17) is 26.2 Å². The minimum absolute atomic E-state index is 0.0340. The van der Waals surface area contributed by atoms with Crippen molar-refractivity contribution >= 4 is 17.6 Å². The number of nitrogens with zero attached hydrogens (tertiary/aromatic N) is 1. The Morgan fingerprint density at radius 3 is 2.81 bits per heavy atom. The first kappa shape index (κ1) is 19.7. The van der Waals surface area contributed by atoms with Crippen LogP contribution in [0.5, 0.6) is 5.75 Å². The van der Waals surface area contributed by atoms with E-state index in [-0.39, 0.29) is 12.7 Å². The smallest absolute Gasteiger partial charge is 0.341 e. The molecule has 1 aliphatic heterocycles. The Hall–Kier alpha value is -2.08. The zero-order chi connectivity index (χ0) is 19.2. The van der Waals surface area contributed by atoms with Crippen LogP contribution in [0.2, 0.25) is 5.02 Å². The molecule has 0 saturated carbocycles. The van der Waals surface area contributed by atoms with Crippen molar-refractivity contribution in [3.63, 3.8) is 0 Å². The maximum Gasteiger partial charge on any atom is 0.341 e. The Labute approximate surface area is 164 Å². The van der Waals surface area contributed by atoms with E-state index in [1.54, 1.807) is 0 Å². The summed E-state index contributed by atoms with van der Waals surface area (Å²) in [7, 11) is 0. The van der Waals surface area contributed by atoms with Crippen molar-refractivity contribution in [2.75, 3.05) is 26.3 Å².